The predicted molar refractivity (Wildman–Crippen MR) is 87.4 cm³/mol. The quantitative estimate of drug-likeness (QED) is 0.908. The third-order valence-electron chi connectivity index (χ3n) is 3.94. The molecule has 0 aromatic heterocycles. The van der Waals surface area contributed by atoms with Gasteiger partial charge in [-0.2, -0.15) is 13.2 Å². The highest BCUT2D eigenvalue weighted by Gasteiger charge is 2.31. The Labute approximate surface area is 142 Å². The first-order valence-electron chi connectivity index (χ1n) is 7.73. The fourth-order valence-corrected chi connectivity index (χ4v) is 2.71. The molecule has 1 N–H and O–H groups in total. The number of carbonyl (C=O) groups is 2. The summed E-state index contributed by atoms with van der Waals surface area (Å²) >= 11 is 0. The Morgan fingerprint density at radius 1 is 1.08 bits per heavy atom. The fourth-order valence-electron chi connectivity index (χ4n) is 2.71. The number of alkyl halides is 3. The SMILES string of the molecule is O=C(Nc1cccc(N2CCCC2=O)c1)c1cccc(C(F)(F)F)c1. The van der Waals surface area contributed by atoms with Crippen LogP contribution < -0.4 is 10.2 Å². The van der Waals surface area contributed by atoms with E-state index in [9.17, 15) is 22.8 Å². The minimum absolute atomic E-state index is 0.0151. The van der Waals surface area contributed by atoms with E-state index in [0.29, 0.717) is 24.3 Å². The van der Waals surface area contributed by atoms with E-state index in [2.05, 4.69) is 5.32 Å². The van der Waals surface area contributed by atoms with Crippen LogP contribution >= 0.6 is 0 Å². The van der Waals surface area contributed by atoms with E-state index in [1.165, 1.54) is 12.1 Å². The van der Waals surface area contributed by atoms with Crippen molar-refractivity contribution in [2.75, 3.05) is 16.8 Å². The van der Waals surface area contributed by atoms with Crippen molar-refractivity contribution in [3.63, 3.8) is 0 Å². The number of nitrogens with one attached hydrogen (secondary N) is 1. The lowest BCUT2D eigenvalue weighted by molar-refractivity contribution is -0.137. The van der Waals surface area contributed by atoms with Crippen molar-refractivity contribution in [3.8, 4) is 0 Å². The number of amides is 2. The van der Waals surface area contributed by atoms with E-state index in [4.69, 9.17) is 0 Å². The molecule has 0 spiro atoms. The number of benzene rings is 2. The molecule has 7 heteroatoms. The molecule has 1 fully saturated rings. The van der Waals surface area contributed by atoms with Crippen LogP contribution in [0, 0.1) is 0 Å². The van der Waals surface area contributed by atoms with Crippen LogP contribution in [0.25, 0.3) is 0 Å². The van der Waals surface area contributed by atoms with E-state index in [0.717, 1.165) is 18.6 Å². The molecule has 1 aliphatic heterocycles. The second-order valence-electron chi connectivity index (χ2n) is 5.73. The van der Waals surface area contributed by atoms with Crippen LogP contribution in [-0.4, -0.2) is 18.4 Å². The minimum atomic E-state index is -4.51. The smallest absolute Gasteiger partial charge is 0.322 e. The van der Waals surface area contributed by atoms with Crippen molar-refractivity contribution in [2.45, 2.75) is 19.0 Å². The van der Waals surface area contributed by atoms with Crippen LogP contribution in [0.15, 0.2) is 48.5 Å². The molecule has 0 bridgehead atoms. The van der Waals surface area contributed by atoms with E-state index < -0.39 is 17.6 Å². The molecule has 0 radical (unpaired) electrons. The summed E-state index contributed by atoms with van der Waals surface area (Å²) in [6.07, 6.45) is -3.24. The molecule has 130 valence electrons. The van der Waals surface area contributed by atoms with Crippen LogP contribution in [0.5, 0.6) is 0 Å². The topological polar surface area (TPSA) is 49.4 Å². The Morgan fingerprint density at radius 3 is 2.52 bits per heavy atom. The first-order chi connectivity index (χ1) is 11.8. The average Bonchev–Trinajstić information content (AvgIpc) is 3.00. The average molecular weight is 348 g/mol. The van der Waals surface area contributed by atoms with Crippen LogP contribution in [-0.2, 0) is 11.0 Å². The first kappa shape index (κ1) is 17.0. The van der Waals surface area contributed by atoms with Crippen LogP contribution in [0.2, 0.25) is 0 Å². The van der Waals surface area contributed by atoms with Crippen molar-refractivity contribution in [1.29, 1.82) is 0 Å². The third-order valence-corrected chi connectivity index (χ3v) is 3.94. The van der Waals surface area contributed by atoms with Crippen molar-refractivity contribution < 1.29 is 22.8 Å². The van der Waals surface area contributed by atoms with Gasteiger partial charge in [0.05, 0.1) is 5.56 Å². The number of halogens is 3. The van der Waals surface area contributed by atoms with Crippen molar-refractivity contribution >= 4 is 23.2 Å². The van der Waals surface area contributed by atoms with Gasteiger partial charge in [-0.3, -0.25) is 9.59 Å². The third kappa shape index (κ3) is 3.81. The molecule has 25 heavy (non-hydrogen) atoms. The Hall–Kier alpha value is -2.83. The Kier molecular flexibility index (Phi) is 4.48. The predicted octanol–water partition coefficient (Wildman–Crippen LogP) is 4.08. The lowest BCUT2D eigenvalue weighted by Gasteiger charge is -2.17. The Balaban J connectivity index is 1.78. The molecule has 2 amide bonds. The highest BCUT2D eigenvalue weighted by atomic mass is 19.4. The number of hydrogen-bond donors (Lipinski definition) is 1. The van der Waals surface area contributed by atoms with Gasteiger partial charge in [-0.25, -0.2) is 0 Å². The van der Waals surface area contributed by atoms with Crippen molar-refractivity contribution in [2.24, 2.45) is 0 Å². The molecule has 0 unspecified atom stereocenters. The second kappa shape index (κ2) is 6.58. The minimum Gasteiger partial charge on any atom is -0.322 e. The maximum absolute atomic E-state index is 12.8. The molecule has 1 aliphatic rings. The monoisotopic (exact) mass is 348 g/mol. The summed E-state index contributed by atoms with van der Waals surface area (Å²) in [5, 5.41) is 2.57. The van der Waals surface area contributed by atoms with Crippen LogP contribution in [0.3, 0.4) is 0 Å². The van der Waals surface area contributed by atoms with Crippen LogP contribution in [0.1, 0.15) is 28.8 Å². The van der Waals surface area contributed by atoms with Gasteiger partial charge in [0.25, 0.3) is 5.91 Å². The van der Waals surface area contributed by atoms with Gasteiger partial charge in [0.1, 0.15) is 0 Å². The van der Waals surface area contributed by atoms with Gasteiger partial charge in [-0.1, -0.05) is 12.1 Å². The highest BCUT2D eigenvalue weighted by molar-refractivity contribution is 6.05. The zero-order valence-corrected chi connectivity index (χ0v) is 13.1. The summed E-state index contributed by atoms with van der Waals surface area (Å²) in [7, 11) is 0. The molecule has 1 saturated heterocycles. The molecule has 2 aromatic rings. The lowest BCUT2D eigenvalue weighted by Crippen LogP contribution is -2.23. The lowest BCUT2D eigenvalue weighted by atomic mass is 10.1. The van der Waals surface area contributed by atoms with Gasteiger partial charge >= 0.3 is 6.18 Å². The Morgan fingerprint density at radius 2 is 1.84 bits per heavy atom. The molecular weight excluding hydrogens is 333 g/mol. The number of rotatable bonds is 3. The van der Waals surface area contributed by atoms with Crippen molar-refractivity contribution in [1.82, 2.24) is 0 Å². The normalized spacial score (nSPS) is 14.7. The zero-order valence-electron chi connectivity index (χ0n) is 13.1. The fraction of sp³-hybridized carbons (Fsp3) is 0.222. The van der Waals surface area contributed by atoms with Gasteiger partial charge in [-0.15, -0.1) is 0 Å². The molecule has 4 nitrogen and oxygen atoms in total. The molecule has 3 rings (SSSR count). The van der Waals surface area contributed by atoms with E-state index >= 15 is 0 Å². The largest absolute Gasteiger partial charge is 0.416 e. The first-order valence-corrected chi connectivity index (χ1v) is 7.73. The number of hydrogen-bond acceptors (Lipinski definition) is 2. The van der Waals surface area contributed by atoms with Crippen molar-refractivity contribution in [3.05, 3.63) is 59.7 Å². The number of carbonyl (C=O) groups excluding carboxylic acids is 2. The second-order valence-corrected chi connectivity index (χ2v) is 5.73. The molecule has 1 heterocycles. The van der Waals surface area contributed by atoms with Crippen LogP contribution in [0.4, 0.5) is 24.5 Å². The summed E-state index contributed by atoms with van der Waals surface area (Å²) in [5.74, 6) is -0.627. The standard InChI is InChI=1S/C18H15F3N2O2/c19-18(20,21)13-5-1-4-12(10-13)17(25)22-14-6-2-7-15(11-14)23-9-3-8-16(23)24/h1-2,4-7,10-11H,3,8-9H2,(H,22,25). The molecule has 2 aromatic carbocycles. The molecule has 0 saturated carbocycles. The summed E-state index contributed by atoms with van der Waals surface area (Å²) in [4.78, 5) is 25.6. The summed E-state index contributed by atoms with van der Waals surface area (Å²) in [5.41, 5.74) is 0.109. The van der Waals surface area contributed by atoms with E-state index in [1.807, 2.05) is 0 Å². The van der Waals surface area contributed by atoms with Gasteiger partial charge in [-0.05, 0) is 42.8 Å². The molecule has 0 atom stereocenters. The van der Waals surface area contributed by atoms with Gasteiger partial charge in [0, 0.05) is 29.9 Å². The zero-order chi connectivity index (χ0) is 18.0. The van der Waals surface area contributed by atoms with Gasteiger partial charge in [0.15, 0.2) is 0 Å². The van der Waals surface area contributed by atoms with Gasteiger partial charge in [0.2, 0.25) is 5.91 Å². The summed E-state index contributed by atoms with van der Waals surface area (Å²) in [6, 6.07) is 10.9. The van der Waals surface area contributed by atoms with E-state index in [1.54, 1.807) is 29.2 Å². The molecular formula is C18H15F3N2O2. The maximum atomic E-state index is 12.8. The van der Waals surface area contributed by atoms with Gasteiger partial charge < -0.3 is 10.2 Å². The summed E-state index contributed by atoms with van der Waals surface area (Å²) < 4.78 is 38.3. The molecule has 0 aliphatic carbocycles. The van der Waals surface area contributed by atoms with E-state index in [-0.39, 0.29) is 11.5 Å². The number of anilines is 2. The number of nitrogens with zero attached hydrogens (tertiary/aromatic N) is 1. The maximum Gasteiger partial charge on any atom is 0.416 e. The summed E-state index contributed by atoms with van der Waals surface area (Å²) in [6.45, 7) is 0.615. The highest BCUT2D eigenvalue weighted by Crippen LogP contribution is 2.30. The Bertz CT molecular complexity index is 818.